The van der Waals surface area contributed by atoms with Crippen LogP contribution in [0.4, 0.5) is 4.79 Å². The molecule has 3 aliphatic rings. The topological polar surface area (TPSA) is 41.6 Å². The maximum absolute atomic E-state index is 12.3. The highest BCUT2D eigenvalue weighted by Gasteiger charge is 2.39. The van der Waals surface area contributed by atoms with Gasteiger partial charge in [-0.15, -0.1) is 0 Å². The number of nitrogens with one attached hydrogen (secondary N) is 1. The molecule has 0 bridgehead atoms. The minimum absolute atomic E-state index is 0.0704. The van der Waals surface area contributed by atoms with E-state index in [2.05, 4.69) is 5.32 Å². The van der Waals surface area contributed by atoms with Gasteiger partial charge < -0.3 is 15.0 Å². The van der Waals surface area contributed by atoms with Crippen LogP contribution >= 0.6 is 0 Å². The molecule has 0 radical (unpaired) electrons. The first-order valence-corrected chi connectivity index (χ1v) is 8.82. The third-order valence-electron chi connectivity index (χ3n) is 5.69. The van der Waals surface area contributed by atoms with E-state index in [1.807, 2.05) is 11.9 Å². The van der Waals surface area contributed by atoms with Crippen LogP contribution in [-0.4, -0.2) is 42.8 Å². The van der Waals surface area contributed by atoms with Crippen LogP contribution in [0.5, 0.6) is 0 Å². The minimum Gasteiger partial charge on any atom is -0.375 e. The summed E-state index contributed by atoms with van der Waals surface area (Å²) >= 11 is 0. The third-order valence-corrected chi connectivity index (χ3v) is 5.69. The Balaban J connectivity index is 1.48. The third kappa shape index (κ3) is 3.71. The Morgan fingerprint density at radius 1 is 1.19 bits per heavy atom. The molecular weight excluding hydrogens is 264 g/mol. The second-order valence-electron chi connectivity index (χ2n) is 7.41. The zero-order chi connectivity index (χ0) is 14.7. The monoisotopic (exact) mass is 294 g/mol. The highest BCUT2D eigenvalue weighted by Crippen LogP contribution is 2.38. The number of carbonyl (C=O) groups excluding carboxylic acids is 1. The Labute approximate surface area is 128 Å². The summed E-state index contributed by atoms with van der Waals surface area (Å²) in [7, 11) is 1.93. The number of urea groups is 1. The summed E-state index contributed by atoms with van der Waals surface area (Å²) in [6, 6.07) is 0.410. The van der Waals surface area contributed by atoms with Crippen LogP contribution in [0.15, 0.2) is 0 Å². The summed E-state index contributed by atoms with van der Waals surface area (Å²) in [5, 5.41) is 3.25. The van der Waals surface area contributed by atoms with Crippen LogP contribution < -0.4 is 5.32 Å². The molecule has 3 rings (SSSR count). The summed E-state index contributed by atoms with van der Waals surface area (Å²) in [5.74, 6) is 0.736. The van der Waals surface area contributed by atoms with Crippen molar-refractivity contribution < 1.29 is 9.53 Å². The van der Waals surface area contributed by atoms with Crippen molar-refractivity contribution in [2.24, 2.45) is 5.92 Å². The lowest BCUT2D eigenvalue weighted by atomic mass is 9.78. The van der Waals surface area contributed by atoms with Gasteiger partial charge in [-0.25, -0.2) is 4.79 Å². The van der Waals surface area contributed by atoms with E-state index in [1.165, 1.54) is 51.4 Å². The molecule has 0 aromatic heterocycles. The average molecular weight is 294 g/mol. The van der Waals surface area contributed by atoms with Crippen molar-refractivity contribution in [3.63, 3.8) is 0 Å². The largest absolute Gasteiger partial charge is 0.375 e. The summed E-state index contributed by atoms with van der Waals surface area (Å²) in [6.45, 7) is 1.72. The summed E-state index contributed by atoms with van der Waals surface area (Å²) in [5.41, 5.74) is 0.0704. The molecule has 4 nitrogen and oxygen atoms in total. The Bertz CT molecular complexity index is 356. The number of hydrogen-bond acceptors (Lipinski definition) is 2. The van der Waals surface area contributed by atoms with E-state index < -0.39 is 0 Å². The fourth-order valence-corrected chi connectivity index (χ4v) is 4.13. The predicted octanol–water partition coefficient (Wildman–Crippen LogP) is 3.31. The summed E-state index contributed by atoms with van der Waals surface area (Å²) < 4.78 is 6.10. The van der Waals surface area contributed by atoms with Crippen molar-refractivity contribution in [2.45, 2.75) is 75.9 Å². The Kier molecular flexibility index (Phi) is 4.72. The molecular formula is C17H30N2O2. The molecule has 1 heterocycles. The molecule has 2 saturated carbocycles. The normalized spacial score (nSPS) is 28.9. The number of carbonyl (C=O) groups is 1. The minimum atomic E-state index is 0.0704. The van der Waals surface area contributed by atoms with Crippen LogP contribution in [0.1, 0.15) is 64.2 Å². The maximum Gasteiger partial charge on any atom is 0.317 e. The van der Waals surface area contributed by atoms with E-state index in [-0.39, 0.29) is 11.6 Å². The van der Waals surface area contributed by atoms with Gasteiger partial charge >= 0.3 is 6.03 Å². The van der Waals surface area contributed by atoms with Gasteiger partial charge in [-0.2, -0.15) is 0 Å². The zero-order valence-corrected chi connectivity index (χ0v) is 13.4. The first-order chi connectivity index (χ1) is 10.2. The van der Waals surface area contributed by atoms with Gasteiger partial charge in [-0.3, -0.25) is 0 Å². The van der Waals surface area contributed by atoms with Gasteiger partial charge in [0, 0.05) is 26.2 Å². The fraction of sp³-hybridized carbons (Fsp3) is 0.941. The molecule has 1 saturated heterocycles. The molecule has 2 aliphatic carbocycles. The van der Waals surface area contributed by atoms with Gasteiger partial charge in [0.05, 0.1) is 5.60 Å². The molecule has 1 atom stereocenters. The van der Waals surface area contributed by atoms with Crippen LogP contribution in [0.3, 0.4) is 0 Å². The lowest BCUT2D eigenvalue weighted by Gasteiger charge is -2.44. The van der Waals surface area contributed by atoms with E-state index in [9.17, 15) is 4.79 Å². The van der Waals surface area contributed by atoms with E-state index in [0.717, 1.165) is 31.9 Å². The first kappa shape index (κ1) is 15.1. The summed E-state index contributed by atoms with van der Waals surface area (Å²) in [4.78, 5) is 14.2. The Morgan fingerprint density at radius 3 is 2.62 bits per heavy atom. The van der Waals surface area contributed by atoms with E-state index in [0.29, 0.717) is 6.04 Å². The first-order valence-electron chi connectivity index (χ1n) is 8.82. The predicted molar refractivity (Wildman–Crippen MR) is 83.3 cm³/mol. The number of amides is 2. The average Bonchev–Trinajstić information content (AvgIpc) is 2.43. The Morgan fingerprint density at radius 2 is 1.95 bits per heavy atom. The smallest absolute Gasteiger partial charge is 0.317 e. The van der Waals surface area contributed by atoms with Crippen molar-refractivity contribution in [2.75, 3.05) is 20.2 Å². The molecule has 21 heavy (non-hydrogen) atoms. The van der Waals surface area contributed by atoms with Crippen LogP contribution in [-0.2, 0) is 4.74 Å². The number of ether oxygens (including phenoxy) is 1. The van der Waals surface area contributed by atoms with Crippen molar-refractivity contribution in [3.8, 4) is 0 Å². The lowest BCUT2D eigenvalue weighted by molar-refractivity contribution is -0.108. The highest BCUT2D eigenvalue weighted by atomic mass is 16.5. The molecule has 0 aromatic carbocycles. The van der Waals surface area contributed by atoms with Gasteiger partial charge in [-0.1, -0.05) is 25.7 Å². The molecule has 1 aliphatic heterocycles. The van der Waals surface area contributed by atoms with Crippen molar-refractivity contribution in [1.82, 2.24) is 10.2 Å². The lowest BCUT2D eigenvalue weighted by Crippen LogP contribution is -2.52. The number of nitrogens with zero attached hydrogens (tertiary/aromatic N) is 1. The molecule has 4 heteroatoms. The van der Waals surface area contributed by atoms with Gasteiger partial charge in [0.25, 0.3) is 0 Å². The van der Waals surface area contributed by atoms with Gasteiger partial charge in [0.2, 0.25) is 0 Å². The highest BCUT2D eigenvalue weighted by molar-refractivity contribution is 5.74. The van der Waals surface area contributed by atoms with Crippen LogP contribution in [0.2, 0.25) is 0 Å². The van der Waals surface area contributed by atoms with E-state index in [1.54, 1.807) is 0 Å². The second kappa shape index (κ2) is 6.55. The van der Waals surface area contributed by atoms with E-state index >= 15 is 0 Å². The SMILES string of the molecule is CN(CC1CCC1)C(=O)N[C@H]1CCOC2(CCCCC2)C1. The molecule has 2 amide bonds. The molecule has 120 valence electrons. The van der Waals surface area contributed by atoms with Crippen molar-refractivity contribution >= 4 is 6.03 Å². The van der Waals surface area contributed by atoms with Gasteiger partial charge in [-0.05, 0) is 44.4 Å². The van der Waals surface area contributed by atoms with Gasteiger partial charge in [0.1, 0.15) is 0 Å². The maximum atomic E-state index is 12.3. The van der Waals surface area contributed by atoms with Crippen molar-refractivity contribution in [1.29, 1.82) is 0 Å². The summed E-state index contributed by atoms with van der Waals surface area (Å²) in [6.07, 6.45) is 12.1. The molecule has 1 N–H and O–H groups in total. The fourth-order valence-electron chi connectivity index (χ4n) is 4.13. The Hall–Kier alpha value is -0.770. The quantitative estimate of drug-likeness (QED) is 0.867. The molecule has 0 aromatic rings. The molecule has 1 spiro atoms. The number of rotatable bonds is 3. The second-order valence-corrected chi connectivity index (χ2v) is 7.41. The molecule has 0 unspecified atom stereocenters. The van der Waals surface area contributed by atoms with Crippen molar-refractivity contribution in [3.05, 3.63) is 0 Å². The number of hydrogen-bond donors (Lipinski definition) is 1. The van der Waals surface area contributed by atoms with Crippen LogP contribution in [0.25, 0.3) is 0 Å². The van der Waals surface area contributed by atoms with E-state index in [4.69, 9.17) is 4.74 Å². The zero-order valence-electron chi connectivity index (χ0n) is 13.4. The molecule has 3 fully saturated rings. The van der Waals surface area contributed by atoms with Gasteiger partial charge in [0.15, 0.2) is 0 Å². The standard InChI is InChI=1S/C17H30N2O2/c1-19(13-14-6-5-7-14)16(20)18-15-8-11-21-17(12-15)9-3-2-4-10-17/h14-15H,2-13H2,1H3,(H,18,20)/t15-/m0/s1. The van der Waals surface area contributed by atoms with Crippen LogP contribution in [0, 0.1) is 5.92 Å².